The van der Waals surface area contributed by atoms with E-state index in [1.165, 1.54) is 38.8 Å². The van der Waals surface area contributed by atoms with Crippen molar-refractivity contribution in [3.63, 3.8) is 0 Å². The van der Waals surface area contributed by atoms with Gasteiger partial charge in [-0.1, -0.05) is 13.0 Å². The third-order valence-corrected chi connectivity index (χ3v) is 3.05. The van der Waals surface area contributed by atoms with Crippen molar-refractivity contribution in [2.24, 2.45) is 0 Å². The molecule has 1 heterocycles. The Morgan fingerprint density at radius 2 is 2.08 bits per heavy atom. The number of likely N-dealkylation sites (tertiary alicyclic amines) is 1. The summed E-state index contributed by atoms with van der Waals surface area (Å²) in [5.74, 6) is 0. The summed E-state index contributed by atoms with van der Waals surface area (Å²) in [5.41, 5.74) is 0. The van der Waals surface area contributed by atoms with Crippen LogP contribution >= 0.6 is 0 Å². The van der Waals surface area contributed by atoms with Gasteiger partial charge in [0.05, 0.1) is 0 Å². The van der Waals surface area contributed by atoms with Crippen molar-refractivity contribution in [2.45, 2.75) is 37.8 Å². The largest absolute Gasteiger partial charge is 0.376 e. The minimum atomic E-state index is 0.730. The summed E-state index contributed by atoms with van der Waals surface area (Å²) in [5, 5.41) is 3.69. The molecule has 0 unspecified atom stereocenters. The molecule has 12 heavy (non-hydrogen) atoms. The molecule has 0 bridgehead atoms. The lowest BCUT2D eigenvalue weighted by molar-refractivity contribution is 0.303. The highest BCUT2D eigenvalue weighted by atomic mass is 15.2. The zero-order valence-electron chi connectivity index (χ0n) is 7.63. The minimum absolute atomic E-state index is 0.730. The predicted molar refractivity (Wildman–Crippen MR) is 50.9 cm³/mol. The third-order valence-electron chi connectivity index (χ3n) is 3.05. The van der Waals surface area contributed by atoms with Crippen LogP contribution in [-0.4, -0.2) is 30.1 Å². The molecule has 0 spiro atoms. The molecule has 1 atom stereocenters. The van der Waals surface area contributed by atoms with Crippen LogP contribution in [0.5, 0.6) is 0 Å². The van der Waals surface area contributed by atoms with E-state index in [0.717, 1.165) is 12.1 Å². The van der Waals surface area contributed by atoms with E-state index < -0.39 is 0 Å². The fraction of sp³-hybridized carbons (Fsp3) is 0.800. The van der Waals surface area contributed by atoms with Gasteiger partial charge in [0, 0.05) is 25.2 Å². The Labute approximate surface area is 74.6 Å². The molecule has 0 aromatic carbocycles. The Kier molecular flexibility index (Phi) is 2.35. The van der Waals surface area contributed by atoms with Crippen LogP contribution in [0.3, 0.4) is 0 Å². The molecule has 0 radical (unpaired) electrons. The van der Waals surface area contributed by atoms with Crippen LogP contribution in [0.1, 0.15) is 25.7 Å². The van der Waals surface area contributed by atoms with Gasteiger partial charge in [0.2, 0.25) is 0 Å². The number of hydrogen-bond donors (Lipinski definition) is 1. The lowest BCUT2D eigenvalue weighted by Crippen LogP contribution is -2.43. The Hall–Kier alpha value is -0.500. The Morgan fingerprint density at radius 3 is 2.58 bits per heavy atom. The van der Waals surface area contributed by atoms with Crippen molar-refractivity contribution < 1.29 is 0 Å². The molecule has 0 aromatic rings. The van der Waals surface area contributed by atoms with E-state index in [1.54, 1.807) is 0 Å². The molecule has 68 valence electrons. The number of hydrogen-bond acceptors (Lipinski definition) is 2. The van der Waals surface area contributed by atoms with Gasteiger partial charge in [-0.3, -0.25) is 0 Å². The monoisotopic (exact) mass is 166 g/mol. The van der Waals surface area contributed by atoms with Gasteiger partial charge in [-0.05, 0) is 25.5 Å². The molecule has 2 rings (SSSR count). The average Bonchev–Trinajstić information content (AvgIpc) is 2.44. The maximum atomic E-state index is 3.79. The first-order valence-corrected chi connectivity index (χ1v) is 5.01. The molecule has 2 nitrogen and oxygen atoms in total. The molecule has 2 aliphatic rings. The van der Waals surface area contributed by atoms with E-state index in [9.17, 15) is 0 Å². The van der Waals surface area contributed by atoms with Crippen LogP contribution in [0.2, 0.25) is 0 Å². The van der Waals surface area contributed by atoms with Gasteiger partial charge in [0.1, 0.15) is 0 Å². The molecule has 1 saturated heterocycles. The summed E-state index contributed by atoms with van der Waals surface area (Å²) >= 11 is 0. The first-order chi connectivity index (χ1) is 5.88. The third kappa shape index (κ3) is 1.63. The molecule has 2 heteroatoms. The maximum absolute atomic E-state index is 3.79. The number of nitrogens with zero attached hydrogens (tertiary/aromatic N) is 1. The highest BCUT2D eigenvalue weighted by molar-refractivity contribution is 4.89. The molecule has 1 N–H and O–H groups in total. The van der Waals surface area contributed by atoms with E-state index in [1.807, 2.05) is 6.20 Å². The van der Waals surface area contributed by atoms with Crippen LogP contribution in [0.15, 0.2) is 12.8 Å². The highest BCUT2D eigenvalue weighted by Gasteiger charge is 2.25. The molecule has 2 fully saturated rings. The van der Waals surface area contributed by atoms with E-state index >= 15 is 0 Å². The smallest absolute Gasteiger partial charge is 0.0327 e. The Balaban J connectivity index is 1.71. The molecule has 1 aliphatic carbocycles. The van der Waals surface area contributed by atoms with Crippen molar-refractivity contribution in [1.29, 1.82) is 0 Å². The molecule has 0 aromatic heterocycles. The van der Waals surface area contributed by atoms with Gasteiger partial charge in [0.25, 0.3) is 0 Å². The number of rotatable bonds is 3. The van der Waals surface area contributed by atoms with Crippen LogP contribution in [0, 0.1) is 0 Å². The first kappa shape index (κ1) is 8.11. The van der Waals surface area contributed by atoms with Gasteiger partial charge in [-0.15, -0.1) is 0 Å². The van der Waals surface area contributed by atoms with E-state index in [4.69, 9.17) is 0 Å². The molecular weight excluding hydrogens is 148 g/mol. The van der Waals surface area contributed by atoms with Gasteiger partial charge in [-0.25, -0.2) is 0 Å². The van der Waals surface area contributed by atoms with E-state index in [-0.39, 0.29) is 0 Å². The van der Waals surface area contributed by atoms with Crippen LogP contribution in [0.25, 0.3) is 0 Å². The number of nitrogens with one attached hydrogen (secondary N) is 1. The van der Waals surface area contributed by atoms with Gasteiger partial charge in [0.15, 0.2) is 0 Å². The van der Waals surface area contributed by atoms with Gasteiger partial charge >= 0.3 is 0 Å². The van der Waals surface area contributed by atoms with Crippen molar-refractivity contribution >= 4 is 0 Å². The first-order valence-electron chi connectivity index (χ1n) is 5.01. The van der Waals surface area contributed by atoms with Crippen LogP contribution in [-0.2, 0) is 0 Å². The fourth-order valence-corrected chi connectivity index (χ4v) is 2.00. The second kappa shape index (κ2) is 3.48. The van der Waals surface area contributed by atoms with Crippen molar-refractivity contribution in [3.8, 4) is 0 Å². The normalized spacial score (nSPS) is 30.3. The van der Waals surface area contributed by atoms with Crippen LogP contribution < -0.4 is 5.32 Å². The summed E-state index contributed by atoms with van der Waals surface area (Å²) in [7, 11) is 0. The Morgan fingerprint density at radius 1 is 1.25 bits per heavy atom. The fourth-order valence-electron chi connectivity index (χ4n) is 2.00. The molecule has 1 saturated carbocycles. The van der Waals surface area contributed by atoms with E-state index in [2.05, 4.69) is 16.8 Å². The highest BCUT2D eigenvalue weighted by Crippen LogP contribution is 2.20. The standard InChI is InChI=1S/C10H18N2/c1-2-12-7-6-10(8-12)11-9-4-3-5-9/h2,9-11H,1,3-8H2/t10-/m1/s1. The van der Waals surface area contributed by atoms with Gasteiger partial charge < -0.3 is 10.2 Å². The van der Waals surface area contributed by atoms with Crippen LogP contribution in [0.4, 0.5) is 0 Å². The van der Waals surface area contributed by atoms with Crippen molar-refractivity contribution in [2.75, 3.05) is 13.1 Å². The molecule has 0 amide bonds. The SMILES string of the molecule is C=CN1CC[C@@H](NC2CCC2)C1. The quantitative estimate of drug-likeness (QED) is 0.680. The summed E-state index contributed by atoms with van der Waals surface area (Å²) in [6.45, 7) is 6.14. The molecular formula is C10H18N2. The zero-order valence-corrected chi connectivity index (χ0v) is 7.63. The average molecular weight is 166 g/mol. The maximum Gasteiger partial charge on any atom is 0.0327 e. The Bertz CT molecular complexity index is 163. The lowest BCUT2D eigenvalue weighted by Gasteiger charge is -2.29. The lowest BCUT2D eigenvalue weighted by atomic mass is 9.92. The summed E-state index contributed by atoms with van der Waals surface area (Å²) in [6, 6.07) is 1.56. The zero-order chi connectivity index (χ0) is 8.39. The molecule has 1 aliphatic heterocycles. The summed E-state index contributed by atoms with van der Waals surface area (Å²) in [6.07, 6.45) is 7.47. The minimum Gasteiger partial charge on any atom is -0.376 e. The van der Waals surface area contributed by atoms with Crippen molar-refractivity contribution in [1.82, 2.24) is 10.2 Å². The second-order valence-electron chi connectivity index (χ2n) is 3.96. The van der Waals surface area contributed by atoms with Crippen molar-refractivity contribution in [3.05, 3.63) is 12.8 Å². The predicted octanol–water partition coefficient (Wildman–Crippen LogP) is 1.35. The van der Waals surface area contributed by atoms with E-state index in [0.29, 0.717) is 0 Å². The summed E-state index contributed by atoms with van der Waals surface area (Å²) < 4.78 is 0. The summed E-state index contributed by atoms with van der Waals surface area (Å²) in [4.78, 5) is 2.30. The van der Waals surface area contributed by atoms with Gasteiger partial charge in [-0.2, -0.15) is 0 Å². The topological polar surface area (TPSA) is 15.3 Å². The second-order valence-corrected chi connectivity index (χ2v) is 3.96.